The monoisotopic (exact) mass is 456 g/mol. The lowest BCUT2D eigenvalue weighted by Crippen LogP contribution is -2.49. The fraction of sp³-hybridized carbons (Fsp3) is 0.522. The molecule has 2 saturated heterocycles. The summed E-state index contributed by atoms with van der Waals surface area (Å²) < 4.78 is 10.8. The minimum absolute atomic E-state index is 0.0628. The number of rotatable bonds is 7. The molecule has 0 atom stereocenters. The summed E-state index contributed by atoms with van der Waals surface area (Å²) >= 11 is 0. The van der Waals surface area contributed by atoms with E-state index in [1.807, 2.05) is 17.0 Å². The van der Waals surface area contributed by atoms with E-state index in [1.165, 1.54) is 0 Å². The highest BCUT2D eigenvalue weighted by Gasteiger charge is 2.26. The molecule has 0 unspecified atom stereocenters. The van der Waals surface area contributed by atoms with E-state index in [9.17, 15) is 4.79 Å². The molecule has 0 aliphatic carbocycles. The van der Waals surface area contributed by atoms with Gasteiger partial charge >= 0.3 is 0 Å². The second-order valence-corrected chi connectivity index (χ2v) is 8.12. The number of aliphatic hydroxyl groups excluding tert-OH is 1. The number of aromatic nitrogens is 2. The van der Waals surface area contributed by atoms with Gasteiger partial charge in [0.25, 0.3) is 5.91 Å². The number of hydrogen-bond acceptors (Lipinski definition) is 9. The molecule has 33 heavy (non-hydrogen) atoms. The fourth-order valence-electron chi connectivity index (χ4n) is 4.36. The summed E-state index contributed by atoms with van der Waals surface area (Å²) in [6.07, 6.45) is 0. The molecule has 1 aromatic heterocycles. The molecule has 0 radical (unpaired) electrons. The molecule has 2 aliphatic heterocycles. The molecule has 2 aliphatic rings. The van der Waals surface area contributed by atoms with E-state index >= 15 is 0 Å². The van der Waals surface area contributed by atoms with Crippen LogP contribution in [0.25, 0.3) is 0 Å². The molecule has 178 valence electrons. The minimum Gasteiger partial charge on any atom is -0.493 e. The molecular formula is C23H32N6O4. The number of anilines is 2. The van der Waals surface area contributed by atoms with Crippen molar-refractivity contribution >= 4 is 17.5 Å². The third-order valence-corrected chi connectivity index (χ3v) is 6.27. The molecule has 2 fully saturated rings. The average molecular weight is 457 g/mol. The maximum atomic E-state index is 13.1. The van der Waals surface area contributed by atoms with Crippen molar-refractivity contribution in [3.63, 3.8) is 0 Å². The molecule has 0 bridgehead atoms. The number of carbonyl (C=O) groups excluding carboxylic acids is 1. The van der Waals surface area contributed by atoms with Crippen molar-refractivity contribution in [3.8, 4) is 11.5 Å². The van der Waals surface area contributed by atoms with Gasteiger partial charge in [0, 0.05) is 58.9 Å². The van der Waals surface area contributed by atoms with Gasteiger partial charge in [-0.15, -0.1) is 10.2 Å². The van der Waals surface area contributed by atoms with Gasteiger partial charge in [-0.3, -0.25) is 9.69 Å². The summed E-state index contributed by atoms with van der Waals surface area (Å²) in [4.78, 5) is 21.6. The highest BCUT2D eigenvalue weighted by Crippen LogP contribution is 2.31. The molecule has 10 nitrogen and oxygen atoms in total. The van der Waals surface area contributed by atoms with E-state index in [0.717, 1.165) is 44.4 Å². The van der Waals surface area contributed by atoms with Gasteiger partial charge in [0.15, 0.2) is 23.1 Å². The summed E-state index contributed by atoms with van der Waals surface area (Å²) in [5, 5.41) is 18.0. The van der Waals surface area contributed by atoms with Gasteiger partial charge < -0.3 is 29.3 Å². The van der Waals surface area contributed by atoms with Crippen LogP contribution >= 0.6 is 0 Å². The lowest BCUT2D eigenvalue weighted by Gasteiger charge is -2.36. The Hall–Kier alpha value is -3.11. The van der Waals surface area contributed by atoms with Crippen LogP contribution in [0.1, 0.15) is 10.4 Å². The zero-order valence-corrected chi connectivity index (χ0v) is 19.3. The van der Waals surface area contributed by atoms with Crippen molar-refractivity contribution < 1.29 is 19.4 Å². The molecule has 0 saturated carbocycles. The van der Waals surface area contributed by atoms with E-state index in [1.54, 1.807) is 32.4 Å². The second kappa shape index (κ2) is 10.7. The topological polar surface area (TPSA) is 94.5 Å². The Bertz CT molecular complexity index is 925. The number of carbonyl (C=O) groups is 1. The van der Waals surface area contributed by atoms with Crippen LogP contribution in [0.5, 0.6) is 11.5 Å². The third-order valence-electron chi connectivity index (χ3n) is 6.27. The number of para-hydroxylation sites is 1. The van der Waals surface area contributed by atoms with E-state index in [-0.39, 0.29) is 12.5 Å². The lowest BCUT2D eigenvalue weighted by molar-refractivity contribution is 0.0742. The molecule has 1 N–H and O–H groups in total. The molecular weight excluding hydrogens is 424 g/mol. The number of β-amino-alcohol motifs (C(OH)–C–C–N with tert-alkyl or cyclic N) is 1. The summed E-state index contributed by atoms with van der Waals surface area (Å²) in [6.45, 7) is 7.06. The molecule has 3 heterocycles. The van der Waals surface area contributed by atoms with Gasteiger partial charge in [0.05, 0.1) is 26.4 Å². The first kappa shape index (κ1) is 23.1. The van der Waals surface area contributed by atoms with Crippen molar-refractivity contribution in [1.29, 1.82) is 0 Å². The Balaban J connectivity index is 1.33. The van der Waals surface area contributed by atoms with E-state index < -0.39 is 0 Å². The maximum absolute atomic E-state index is 13.1. The minimum atomic E-state index is -0.0628. The summed E-state index contributed by atoms with van der Waals surface area (Å²) in [6, 6.07) is 9.37. The molecule has 2 aromatic rings. The van der Waals surface area contributed by atoms with Crippen LogP contribution in [0, 0.1) is 0 Å². The zero-order chi connectivity index (χ0) is 23.2. The Morgan fingerprint density at radius 1 is 0.879 bits per heavy atom. The highest BCUT2D eigenvalue weighted by atomic mass is 16.5. The number of hydrogen-bond donors (Lipinski definition) is 1. The Morgan fingerprint density at radius 2 is 1.48 bits per heavy atom. The Morgan fingerprint density at radius 3 is 2.00 bits per heavy atom. The van der Waals surface area contributed by atoms with Crippen LogP contribution in [-0.2, 0) is 0 Å². The zero-order valence-electron chi connectivity index (χ0n) is 19.3. The summed E-state index contributed by atoms with van der Waals surface area (Å²) in [5.74, 6) is 2.65. The number of nitrogens with zero attached hydrogens (tertiary/aromatic N) is 6. The number of ether oxygens (including phenoxy) is 2. The third kappa shape index (κ3) is 5.12. The smallest absolute Gasteiger partial charge is 0.257 e. The Kier molecular flexibility index (Phi) is 7.46. The van der Waals surface area contributed by atoms with Gasteiger partial charge in [0.1, 0.15) is 0 Å². The van der Waals surface area contributed by atoms with E-state index in [2.05, 4.69) is 24.9 Å². The van der Waals surface area contributed by atoms with E-state index in [4.69, 9.17) is 14.6 Å². The van der Waals surface area contributed by atoms with Crippen LogP contribution in [0.3, 0.4) is 0 Å². The maximum Gasteiger partial charge on any atom is 0.257 e. The predicted molar refractivity (Wildman–Crippen MR) is 125 cm³/mol. The van der Waals surface area contributed by atoms with Crippen LogP contribution < -0.4 is 19.3 Å². The first-order chi connectivity index (χ1) is 16.1. The normalized spacial score (nSPS) is 17.2. The molecule has 0 spiro atoms. The average Bonchev–Trinajstić information content (AvgIpc) is 2.88. The predicted octanol–water partition coefficient (Wildman–Crippen LogP) is 0.571. The van der Waals surface area contributed by atoms with Gasteiger partial charge in [-0.2, -0.15) is 0 Å². The van der Waals surface area contributed by atoms with Crippen LogP contribution in [0.4, 0.5) is 11.6 Å². The van der Waals surface area contributed by atoms with E-state index in [0.29, 0.717) is 43.2 Å². The SMILES string of the molecule is COc1cccc(C(=O)N2CCN(c3ccc(N4CCN(CCO)CC4)nn3)CC2)c1OC. The Labute approximate surface area is 194 Å². The summed E-state index contributed by atoms with van der Waals surface area (Å²) in [5.41, 5.74) is 0.508. The van der Waals surface area contributed by atoms with Crippen molar-refractivity contribution in [2.45, 2.75) is 0 Å². The van der Waals surface area contributed by atoms with Gasteiger partial charge in [-0.1, -0.05) is 6.07 Å². The van der Waals surface area contributed by atoms with Crippen molar-refractivity contribution in [3.05, 3.63) is 35.9 Å². The number of benzene rings is 1. The molecule has 10 heteroatoms. The molecule has 1 aromatic carbocycles. The van der Waals surface area contributed by atoms with Crippen molar-refractivity contribution in [1.82, 2.24) is 20.0 Å². The number of amides is 1. The lowest BCUT2D eigenvalue weighted by atomic mass is 10.1. The quantitative estimate of drug-likeness (QED) is 0.642. The fourth-order valence-corrected chi connectivity index (χ4v) is 4.36. The largest absolute Gasteiger partial charge is 0.493 e. The number of methoxy groups -OCH3 is 2. The number of piperazine rings is 2. The highest BCUT2D eigenvalue weighted by molar-refractivity contribution is 5.98. The first-order valence-electron chi connectivity index (χ1n) is 11.3. The molecule has 1 amide bonds. The van der Waals surface area contributed by atoms with Crippen LogP contribution in [-0.4, -0.2) is 111 Å². The van der Waals surface area contributed by atoms with Crippen molar-refractivity contribution in [2.24, 2.45) is 0 Å². The van der Waals surface area contributed by atoms with Crippen molar-refractivity contribution in [2.75, 3.05) is 89.5 Å². The molecule has 4 rings (SSSR count). The second-order valence-electron chi connectivity index (χ2n) is 8.12. The van der Waals surface area contributed by atoms with Gasteiger partial charge in [-0.05, 0) is 24.3 Å². The summed E-state index contributed by atoms with van der Waals surface area (Å²) in [7, 11) is 3.11. The van der Waals surface area contributed by atoms with Crippen LogP contribution in [0.15, 0.2) is 30.3 Å². The first-order valence-corrected chi connectivity index (χ1v) is 11.3. The van der Waals surface area contributed by atoms with Gasteiger partial charge in [-0.25, -0.2) is 0 Å². The standard InChI is InChI=1S/C23H32N6O4/c1-32-19-5-3-4-18(22(19)33-2)23(31)29-14-12-28(13-15-29)21-7-6-20(24-25-21)27-10-8-26(9-11-27)16-17-30/h3-7,30H,8-17H2,1-2H3. The van der Waals surface area contributed by atoms with Gasteiger partial charge in [0.2, 0.25) is 0 Å². The number of aliphatic hydroxyl groups is 1. The van der Waals surface area contributed by atoms with Crippen LogP contribution in [0.2, 0.25) is 0 Å².